The molecule has 0 spiro atoms. The molecule has 3 aromatic rings. The van der Waals surface area contributed by atoms with E-state index in [1.54, 1.807) is 17.5 Å². The van der Waals surface area contributed by atoms with Gasteiger partial charge in [-0.2, -0.15) is 0 Å². The molecule has 0 bridgehead atoms. The van der Waals surface area contributed by atoms with Gasteiger partial charge in [0.15, 0.2) is 5.96 Å². The SMILES string of the molecule is CCNC(=NCc1ccc(-n2ccnc2C)nc1)N1CCN(c2cccs2)CC1.I. The number of anilines is 1. The minimum absolute atomic E-state index is 0. The third kappa shape index (κ3) is 5.31. The van der Waals surface area contributed by atoms with Gasteiger partial charge in [0.25, 0.3) is 0 Å². The molecule has 0 aromatic carbocycles. The first-order valence-corrected chi connectivity index (χ1v) is 10.9. The van der Waals surface area contributed by atoms with Gasteiger partial charge >= 0.3 is 0 Å². The van der Waals surface area contributed by atoms with Crippen molar-refractivity contribution in [1.82, 2.24) is 24.8 Å². The molecule has 30 heavy (non-hydrogen) atoms. The molecule has 3 aromatic heterocycles. The molecule has 1 saturated heterocycles. The topological polar surface area (TPSA) is 61.6 Å². The number of aromatic nitrogens is 3. The van der Waals surface area contributed by atoms with E-state index in [1.807, 2.05) is 30.0 Å². The largest absolute Gasteiger partial charge is 0.360 e. The Hall–Kier alpha value is -2.14. The maximum atomic E-state index is 4.86. The summed E-state index contributed by atoms with van der Waals surface area (Å²) in [5.41, 5.74) is 1.10. The number of pyridine rings is 1. The van der Waals surface area contributed by atoms with Crippen LogP contribution in [0.2, 0.25) is 0 Å². The molecule has 4 rings (SSSR count). The summed E-state index contributed by atoms with van der Waals surface area (Å²) in [6.07, 6.45) is 5.61. The van der Waals surface area contributed by atoms with E-state index >= 15 is 0 Å². The Balaban J connectivity index is 0.00000256. The van der Waals surface area contributed by atoms with Crippen LogP contribution in [-0.2, 0) is 6.54 Å². The summed E-state index contributed by atoms with van der Waals surface area (Å²) < 4.78 is 1.98. The van der Waals surface area contributed by atoms with Crippen molar-refractivity contribution in [1.29, 1.82) is 0 Å². The van der Waals surface area contributed by atoms with E-state index in [-0.39, 0.29) is 24.0 Å². The van der Waals surface area contributed by atoms with E-state index in [2.05, 4.69) is 55.6 Å². The smallest absolute Gasteiger partial charge is 0.194 e. The lowest BCUT2D eigenvalue weighted by Crippen LogP contribution is -2.52. The highest BCUT2D eigenvalue weighted by atomic mass is 127. The number of halogens is 1. The normalized spacial score (nSPS) is 14.5. The van der Waals surface area contributed by atoms with Crippen molar-refractivity contribution in [2.45, 2.75) is 20.4 Å². The number of rotatable bonds is 5. The first kappa shape index (κ1) is 22.5. The van der Waals surface area contributed by atoms with Crippen molar-refractivity contribution >= 4 is 46.3 Å². The Morgan fingerprint density at radius 2 is 2.00 bits per heavy atom. The van der Waals surface area contributed by atoms with E-state index in [9.17, 15) is 0 Å². The van der Waals surface area contributed by atoms with E-state index in [0.29, 0.717) is 6.54 Å². The third-order valence-corrected chi connectivity index (χ3v) is 5.95. The third-order valence-electron chi connectivity index (χ3n) is 5.03. The maximum Gasteiger partial charge on any atom is 0.194 e. The van der Waals surface area contributed by atoms with Gasteiger partial charge in [0, 0.05) is 51.3 Å². The fraction of sp³-hybridized carbons (Fsp3) is 0.381. The molecular formula is C21H28IN7S. The van der Waals surface area contributed by atoms with Crippen LogP contribution in [0.5, 0.6) is 0 Å². The van der Waals surface area contributed by atoms with Gasteiger partial charge in [0.2, 0.25) is 0 Å². The highest BCUT2D eigenvalue weighted by Crippen LogP contribution is 2.22. The number of guanidine groups is 1. The van der Waals surface area contributed by atoms with Crippen molar-refractivity contribution in [2.75, 3.05) is 37.6 Å². The molecule has 0 atom stereocenters. The zero-order valence-corrected chi connectivity index (χ0v) is 20.5. The second kappa shape index (κ2) is 10.8. The number of thiophene rings is 1. The van der Waals surface area contributed by atoms with E-state index in [1.165, 1.54) is 5.00 Å². The summed E-state index contributed by atoms with van der Waals surface area (Å²) in [7, 11) is 0. The standard InChI is InChI=1S/C21H27N7S.HI/c1-3-22-21(27-12-10-26(11-13-27)20-5-4-14-29-20)25-16-18-6-7-19(24-15-18)28-9-8-23-17(28)2;/h4-9,14-15H,3,10-13,16H2,1-2H3,(H,22,25);1H. The zero-order chi connectivity index (χ0) is 20.1. The van der Waals surface area contributed by atoms with Crippen molar-refractivity contribution < 1.29 is 0 Å². The summed E-state index contributed by atoms with van der Waals surface area (Å²) in [6.45, 7) is 9.55. The maximum absolute atomic E-state index is 4.86. The van der Waals surface area contributed by atoms with E-state index in [0.717, 1.165) is 55.9 Å². The average Bonchev–Trinajstić information content (AvgIpc) is 3.44. The van der Waals surface area contributed by atoms with Crippen LogP contribution in [0, 0.1) is 6.92 Å². The Labute approximate surface area is 198 Å². The minimum Gasteiger partial charge on any atom is -0.360 e. The summed E-state index contributed by atoms with van der Waals surface area (Å²) in [5.74, 6) is 2.79. The van der Waals surface area contributed by atoms with Crippen molar-refractivity contribution in [3.63, 3.8) is 0 Å². The predicted molar refractivity (Wildman–Crippen MR) is 134 cm³/mol. The molecule has 0 aliphatic carbocycles. The van der Waals surface area contributed by atoms with Crippen LogP contribution in [-0.4, -0.2) is 58.1 Å². The van der Waals surface area contributed by atoms with Crippen LogP contribution < -0.4 is 10.2 Å². The molecule has 160 valence electrons. The van der Waals surface area contributed by atoms with Crippen LogP contribution in [0.4, 0.5) is 5.00 Å². The number of hydrogen-bond donors (Lipinski definition) is 1. The Bertz CT molecular complexity index is 929. The minimum atomic E-state index is 0. The molecule has 1 N–H and O–H groups in total. The fourth-order valence-corrected chi connectivity index (χ4v) is 4.24. The molecule has 1 aliphatic heterocycles. The predicted octanol–water partition coefficient (Wildman–Crippen LogP) is 3.54. The molecule has 1 fully saturated rings. The lowest BCUT2D eigenvalue weighted by atomic mass is 10.3. The quantitative estimate of drug-likeness (QED) is 0.307. The van der Waals surface area contributed by atoms with Crippen molar-refractivity contribution in [2.24, 2.45) is 4.99 Å². The van der Waals surface area contributed by atoms with Gasteiger partial charge in [-0.25, -0.2) is 15.0 Å². The summed E-state index contributed by atoms with van der Waals surface area (Å²) >= 11 is 1.81. The second-order valence-electron chi connectivity index (χ2n) is 6.96. The van der Waals surface area contributed by atoms with Gasteiger partial charge in [-0.05, 0) is 43.0 Å². The number of nitrogens with zero attached hydrogens (tertiary/aromatic N) is 6. The number of nitrogens with one attached hydrogen (secondary N) is 1. The Kier molecular flexibility index (Phi) is 8.08. The molecule has 0 saturated carbocycles. The van der Waals surface area contributed by atoms with Crippen LogP contribution >= 0.6 is 35.3 Å². The van der Waals surface area contributed by atoms with Crippen LogP contribution in [0.25, 0.3) is 5.82 Å². The number of aryl methyl sites for hydroxylation is 1. The summed E-state index contributed by atoms with van der Waals surface area (Å²) in [6, 6.07) is 8.42. The first-order chi connectivity index (χ1) is 14.2. The number of aliphatic imine (C=N–C) groups is 1. The molecule has 0 unspecified atom stereocenters. The lowest BCUT2D eigenvalue weighted by molar-refractivity contribution is 0.373. The summed E-state index contributed by atoms with van der Waals surface area (Å²) in [5, 5.41) is 6.93. The molecule has 0 amide bonds. The van der Waals surface area contributed by atoms with E-state index < -0.39 is 0 Å². The monoisotopic (exact) mass is 537 g/mol. The van der Waals surface area contributed by atoms with Crippen molar-refractivity contribution in [3.8, 4) is 5.82 Å². The van der Waals surface area contributed by atoms with E-state index in [4.69, 9.17) is 4.99 Å². The zero-order valence-electron chi connectivity index (χ0n) is 17.4. The van der Waals surface area contributed by atoms with Crippen LogP contribution in [0.3, 0.4) is 0 Å². The van der Waals surface area contributed by atoms with Crippen molar-refractivity contribution in [3.05, 3.63) is 59.6 Å². The first-order valence-electron chi connectivity index (χ1n) is 10.0. The molecule has 7 nitrogen and oxygen atoms in total. The number of piperazine rings is 1. The van der Waals surface area contributed by atoms with Gasteiger partial charge in [-0.15, -0.1) is 35.3 Å². The average molecular weight is 537 g/mol. The molecule has 1 aliphatic rings. The molecule has 9 heteroatoms. The fourth-order valence-electron chi connectivity index (χ4n) is 3.45. The highest BCUT2D eigenvalue weighted by Gasteiger charge is 2.20. The van der Waals surface area contributed by atoms with Crippen LogP contribution in [0.15, 0.2) is 53.2 Å². The lowest BCUT2D eigenvalue weighted by Gasteiger charge is -2.37. The van der Waals surface area contributed by atoms with Gasteiger partial charge in [-0.1, -0.05) is 6.07 Å². The van der Waals surface area contributed by atoms with Crippen LogP contribution in [0.1, 0.15) is 18.3 Å². The number of hydrogen-bond acceptors (Lipinski definition) is 5. The Morgan fingerprint density at radius 1 is 1.17 bits per heavy atom. The Morgan fingerprint density at radius 3 is 2.60 bits per heavy atom. The molecular weight excluding hydrogens is 509 g/mol. The second-order valence-corrected chi connectivity index (χ2v) is 7.89. The molecule has 4 heterocycles. The molecule has 0 radical (unpaired) electrons. The van der Waals surface area contributed by atoms with Gasteiger partial charge in [0.1, 0.15) is 11.6 Å². The number of imidazole rings is 1. The highest BCUT2D eigenvalue weighted by molar-refractivity contribution is 14.0. The van der Waals surface area contributed by atoms with Gasteiger partial charge in [-0.3, -0.25) is 4.57 Å². The van der Waals surface area contributed by atoms with Gasteiger partial charge in [0.05, 0.1) is 11.5 Å². The van der Waals surface area contributed by atoms with Gasteiger partial charge < -0.3 is 15.1 Å². The summed E-state index contributed by atoms with van der Waals surface area (Å²) in [4.78, 5) is 18.5.